The van der Waals surface area contributed by atoms with E-state index < -0.39 is 0 Å². The average molecular weight is 285 g/mol. The first-order valence-corrected chi connectivity index (χ1v) is 7.22. The lowest BCUT2D eigenvalue weighted by molar-refractivity contribution is -0.116. The molecule has 21 heavy (non-hydrogen) atoms. The van der Waals surface area contributed by atoms with Crippen LogP contribution in [0.2, 0.25) is 0 Å². The van der Waals surface area contributed by atoms with Gasteiger partial charge in [0.25, 0.3) is 0 Å². The van der Waals surface area contributed by atoms with E-state index in [0.29, 0.717) is 12.5 Å². The van der Waals surface area contributed by atoms with Crippen LogP contribution < -0.4 is 10.6 Å². The molecule has 1 aliphatic rings. The van der Waals surface area contributed by atoms with Crippen LogP contribution in [0.3, 0.4) is 0 Å². The molecule has 2 aromatic rings. The van der Waals surface area contributed by atoms with E-state index in [-0.39, 0.29) is 5.91 Å². The van der Waals surface area contributed by atoms with Crippen molar-refractivity contribution in [3.05, 3.63) is 36.5 Å². The molecular formula is C15H19N5O. The molecule has 1 aliphatic heterocycles. The Morgan fingerprint density at radius 3 is 3.00 bits per heavy atom. The van der Waals surface area contributed by atoms with E-state index in [1.54, 1.807) is 12.4 Å². The minimum Gasteiger partial charge on any atom is -0.325 e. The Kier molecular flexibility index (Phi) is 3.96. The summed E-state index contributed by atoms with van der Waals surface area (Å²) in [6.07, 6.45) is 8.02. The van der Waals surface area contributed by atoms with E-state index >= 15 is 0 Å². The molecule has 6 heteroatoms. The number of amides is 1. The molecule has 2 N–H and O–H groups in total. The van der Waals surface area contributed by atoms with Crippen molar-refractivity contribution in [2.45, 2.75) is 32.2 Å². The predicted molar refractivity (Wildman–Crippen MR) is 80.4 cm³/mol. The molecule has 0 spiro atoms. The number of rotatable bonds is 4. The first-order chi connectivity index (χ1) is 10.2. The van der Waals surface area contributed by atoms with Crippen LogP contribution in [-0.4, -0.2) is 33.0 Å². The SMILES string of the molecule is Cc1nccn1-c1ccc(NC(=O)CC2CCCN2)cn1. The maximum absolute atomic E-state index is 11.9. The quantitative estimate of drug-likeness (QED) is 0.896. The lowest BCUT2D eigenvalue weighted by atomic mass is 10.1. The molecule has 1 fully saturated rings. The molecule has 0 bridgehead atoms. The highest BCUT2D eigenvalue weighted by molar-refractivity contribution is 5.90. The van der Waals surface area contributed by atoms with Crippen molar-refractivity contribution < 1.29 is 4.79 Å². The van der Waals surface area contributed by atoms with Crippen LogP contribution in [0.25, 0.3) is 5.82 Å². The monoisotopic (exact) mass is 285 g/mol. The summed E-state index contributed by atoms with van der Waals surface area (Å²) in [5.74, 6) is 1.70. The third kappa shape index (κ3) is 3.28. The van der Waals surface area contributed by atoms with Crippen molar-refractivity contribution in [2.24, 2.45) is 0 Å². The molecule has 6 nitrogen and oxygen atoms in total. The normalized spacial score (nSPS) is 17.9. The van der Waals surface area contributed by atoms with E-state index in [2.05, 4.69) is 20.6 Å². The summed E-state index contributed by atoms with van der Waals surface area (Å²) in [6, 6.07) is 4.05. The maximum atomic E-state index is 11.9. The number of carbonyl (C=O) groups excluding carboxylic acids is 1. The Labute approximate surface area is 123 Å². The van der Waals surface area contributed by atoms with Crippen LogP contribution in [0.15, 0.2) is 30.7 Å². The van der Waals surface area contributed by atoms with Gasteiger partial charge in [-0.3, -0.25) is 9.36 Å². The van der Waals surface area contributed by atoms with E-state index in [1.165, 1.54) is 0 Å². The third-order valence-corrected chi connectivity index (χ3v) is 3.70. The number of aryl methyl sites for hydroxylation is 1. The van der Waals surface area contributed by atoms with Gasteiger partial charge in [0, 0.05) is 24.9 Å². The molecule has 1 atom stereocenters. The summed E-state index contributed by atoms with van der Waals surface area (Å²) < 4.78 is 1.90. The van der Waals surface area contributed by atoms with Gasteiger partial charge in [-0.15, -0.1) is 0 Å². The lowest BCUT2D eigenvalue weighted by Crippen LogP contribution is -2.27. The number of nitrogens with zero attached hydrogens (tertiary/aromatic N) is 3. The zero-order valence-corrected chi connectivity index (χ0v) is 12.0. The van der Waals surface area contributed by atoms with Crippen molar-refractivity contribution in [1.29, 1.82) is 0 Å². The molecule has 110 valence electrons. The zero-order chi connectivity index (χ0) is 14.7. The van der Waals surface area contributed by atoms with E-state index in [4.69, 9.17) is 0 Å². The number of hydrogen-bond acceptors (Lipinski definition) is 4. The Morgan fingerprint density at radius 2 is 2.38 bits per heavy atom. The minimum absolute atomic E-state index is 0.0303. The molecule has 1 amide bonds. The summed E-state index contributed by atoms with van der Waals surface area (Å²) in [4.78, 5) is 20.5. The summed E-state index contributed by atoms with van der Waals surface area (Å²) in [7, 11) is 0. The molecule has 0 aliphatic carbocycles. The highest BCUT2D eigenvalue weighted by atomic mass is 16.1. The standard InChI is InChI=1S/C15H19N5O/c1-11-16-7-8-20(11)14-5-4-13(10-18-14)19-15(21)9-12-3-2-6-17-12/h4-5,7-8,10,12,17H,2-3,6,9H2,1H3,(H,19,21). The fourth-order valence-corrected chi connectivity index (χ4v) is 2.59. The molecule has 1 unspecified atom stereocenters. The Morgan fingerprint density at radius 1 is 1.48 bits per heavy atom. The number of pyridine rings is 1. The van der Waals surface area contributed by atoms with Crippen molar-refractivity contribution in [1.82, 2.24) is 19.9 Å². The van der Waals surface area contributed by atoms with Crippen LogP contribution in [0, 0.1) is 6.92 Å². The molecule has 1 saturated heterocycles. The van der Waals surface area contributed by atoms with Crippen LogP contribution >= 0.6 is 0 Å². The molecular weight excluding hydrogens is 266 g/mol. The van der Waals surface area contributed by atoms with Crippen LogP contribution in [-0.2, 0) is 4.79 Å². The average Bonchev–Trinajstić information content (AvgIpc) is 3.11. The van der Waals surface area contributed by atoms with Gasteiger partial charge in [0.2, 0.25) is 5.91 Å². The molecule has 0 aromatic carbocycles. The van der Waals surface area contributed by atoms with Crippen LogP contribution in [0.5, 0.6) is 0 Å². The van der Waals surface area contributed by atoms with Gasteiger partial charge < -0.3 is 10.6 Å². The fourth-order valence-electron chi connectivity index (χ4n) is 2.59. The lowest BCUT2D eigenvalue weighted by Gasteiger charge is -2.11. The second-order valence-electron chi connectivity index (χ2n) is 5.30. The number of imidazole rings is 1. The summed E-state index contributed by atoms with van der Waals surface area (Å²) in [5.41, 5.74) is 0.722. The summed E-state index contributed by atoms with van der Waals surface area (Å²) in [6.45, 7) is 2.93. The minimum atomic E-state index is 0.0303. The summed E-state index contributed by atoms with van der Waals surface area (Å²) >= 11 is 0. The Balaban J connectivity index is 1.61. The number of nitrogens with one attached hydrogen (secondary N) is 2. The number of anilines is 1. The Bertz CT molecular complexity index is 613. The second-order valence-corrected chi connectivity index (χ2v) is 5.30. The maximum Gasteiger partial charge on any atom is 0.225 e. The van der Waals surface area contributed by atoms with Crippen molar-refractivity contribution in [2.75, 3.05) is 11.9 Å². The fraction of sp³-hybridized carbons (Fsp3) is 0.400. The molecule has 0 saturated carbocycles. The first-order valence-electron chi connectivity index (χ1n) is 7.22. The van der Waals surface area contributed by atoms with Gasteiger partial charge in [0.1, 0.15) is 11.6 Å². The van der Waals surface area contributed by atoms with Gasteiger partial charge in [0.15, 0.2) is 0 Å². The number of hydrogen-bond donors (Lipinski definition) is 2. The predicted octanol–water partition coefficient (Wildman–Crippen LogP) is 1.66. The molecule has 3 rings (SSSR count). The van der Waals surface area contributed by atoms with Crippen LogP contribution in [0.4, 0.5) is 5.69 Å². The highest BCUT2D eigenvalue weighted by Gasteiger charge is 2.17. The Hall–Kier alpha value is -2.21. The van der Waals surface area contributed by atoms with Crippen LogP contribution in [0.1, 0.15) is 25.1 Å². The van der Waals surface area contributed by atoms with E-state index in [9.17, 15) is 4.79 Å². The topological polar surface area (TPSA) is 71.8 Å². The van der Waals surface area contributed by atoms with E-state index in [1.807, 2.05) is 29.8 Å². The second kappa shape index (κ2) is 6.05. The van der Waals surface area contributed by atoms with Gasteiger partial charge in [-0.1, -0.05) is 0 Å². The molecule has 2 aromatic heterocycles. The van der Waals surface area contributed by atoms with Crippen molar-refractivity contribution in [3.63, 3.8) is 0 Å². The van der Waals surface area contributed by atoms with Gasteiger partial charge in [-0.05, 0) is 38.4 Å². The van der Waals surface area contributed by atoms with Crippen molar-refractivity contribution >= 4 is 11.6 Å². The van der Waals surface area contributed by atoms with Crippen molar-refractivity contribution in [3.8, 4) is 5.82 Å². The smallest absolute Gasteiger partial charge is 0.225 e. The van der Waals surface area contributed by atoms with Gasteiger partial charge in [-0.2, -0.15) is 0 Å². The zero-order valence-electron chi connectivity index (χ0n) is 12.0. The molecule has 0 radical (unpaired) electrons. The summed E-state index contributed by atoms with van der Waals surface area (Å²) in [5, 5.41) is 6.21. The highest BCUT2D eigenvalue weighted by Crippen LogP contribution is 2.13. The number of aromatic nitrogens is 3. The largest absolute Gasteiger partial charge is 0.325 e. The van der Waals surface area contributed by atoms with Gasteiger partial charge in [0.05, 0.1) is 11.9 Å². The molecule has 3 heterocycles. The number of carbonyl (C=O) groups is 1. The van der Waals surface area contributed by atoms with E-state index in [0.717, 1.165) is 36.7 Å². The van der Waals surface area contributed by atoms with Gasteiger partial charge in [-0.25, -0.2) is 9.97 Å². The third-order valence-electron chi connectivity index (χ3n) is 3.70. The van der Waals surface area contributed by atoms with Gasteiger partial charge >= 0.3 is 0 Å². The first kappa shape index (κ1) is 13.8.